The second-order valence-electron chi connectivity index (χ2n) is 7.84. The molecule has 35 heavy (non-hydrogen) atoms. The highest BCUT2D eigenvalue weighted by Gasteiger charge is 2.40. The van der Waals surface area contributed by atoms with Gasteiger partial charge in [0.25, 0.3) is 21.4 Å². The summed E-state index contributed by atoms with van der Waals surface area (Å²) in [4.78, 5) is 21.9. The van der Waals surface area contributed by atoms with Gasteiger partial charge < -0.3 is 4.74 Å². The van der Waals surface area contributed by atoms with Gasteiger partial charge >= 0.3 is 0 Å². The Labute approximate surface area is 201 Å². The number of aryl methyl sites for hydroxylation is 1. The van der Waals surface area contributed by atoms with E-state index in [0.29, 0.717) is 23.5 Å². The fourth-order valence-corrected chi connectivity index (χ4v) is 5.38. The molecule has 0 aliphatic carbocycles. The number of non-ortho nitro benzene ring substituents is 1. The van der Waals surface area contributed by atoms with Crippen molar-refractivity contribution in [3.8, 4) is 5.75 Å². The third-order valence-electron chi connectivity index (χ3n) is 5.55. The molecule has 1 aliphatic heterocycles. The van der Waals surface area contributed by atoms with E-state index in [1.54, 1.807) is 42.5 Å². The summed E-state index contributed by atoms with van der Waals surface area (Å²) in [5, 5.41) is 23.4. The molecule has 0 fully saturated rings. The predicted octanol–water partition coefficient (Wildman–Crippen LogP) is 4.96. The molecule has 10 nitrogen and oxygen atoms in total. The Bertz CT molecular complexity index is 1460. The third kappa shape index (κ3) is 4.45. The molecule has 0 atom stereocenters. The number of anilines is 1. The molecule has 4 rings (SSSR count). The van der Waals surface area contributed by atoms with E-state index in [-0.39, 0.29) is 22.7 Å². The Balaban J connectivity index is 1.98. The standard InChI is InChI=1S/C24H21N3O7S/c1-3-34-23-7-5-4-6-17(23)12-18-15-25(35(32,33)20-10-8-16(2)9-11-20)21-13-19(26(28)29)14-22(24(18)21)27(30)31/h4-14H,3,15H2,1-2H3. The highest BCUT2D eigenvalue weighted by molar-refractivity contribution is 7.92. The molecule has 0 spiro atoms. The maximum Gasteiger partial charge on any atom is 0.285 e. The maximum absolute atomic E-state index is 13.6. The smallest absolute Gasteiger partial charge is 0.285 e. The van der Waals surface area contributed by atoms with Gasteiger partial charge in [0.15, 0.2) is 0 Å². The number of fused-ring (bicyclic) bond motifs is 1. The van der Waals surface area contributed by atoms with E-state index in [4.69, 9.17) is 4.74 Å². The van der Waals surface area contributed by atoms with E-state index in [1.165, 1.54) is 12.1 Å². The van der Waals surface area contributed by atoms with Crippen LogP contribution in [0, 0.1) is 27.2 Å². The highest BCUT2D eigenvalue weighted by Crippen LogP contribution is 2.47. The lowest BCUT2D eigenvalue weighted by Gasteiger charge is -2.19. The number of nitrogens with zero attached hydrogens (tertiary/aromatic N) is 3. The van der Waals surface area contributed by atoms with Gasteiger partial charge in [-0.2, -0.15) is 0 Å². The van der Waals surface area contributed by atoms with Gasteiger partial charge in [-0.05, 0) is 43.7 Å². The summed E-state index contributed by atoms with van der Waals surface area (Å²) in [7, 11) is -4.18. The summed E-state index contributed by atoms with van der Waals surface area (Å²) in [6.07, 6.45) is 1.62. The Morgan fingerprint density at radius 1 is 1.03 bits per heavy atom. The van der Waals surface area contributed by atoms with Gasteiger partial charge in [-0.1, -0.05) is 35.9 Å². The van der Waals surface area contributed by atoms with Crippen LogP contribution in [0.1, 0.15) is 23.6 Å². The van der Waals surface area contributed by atoms with Gasteiger partial charge in [0.2, 0.25) is 0 Å². The first-order valence-electron chi connectivity index (χ1n) is 10.6. The summed E-state index contributed by atoms with van der Waals surface area (Å²) in [5.41, 5.74) is 0.549. The molecule has 0 saturated carbocycles. The van der Waals surface area contributed by atoms with Crippen LogP contribution < -0.4 is 9.04 Å². The molecule has 180 valence electrons. The molecule has 0 amide bonds. The lowest BCUT2D eigenvalue weighted by molar-refractivity contribution is -0.394. The van der Waals surface area contributed by atoms with Crippen molar-refractivity contribution in [2.24, 2.45) is 0 Å². The number of hydrogen-bond donors (Lipinski definition) is 0. The number of nitro groups is 2. The number of nitro benzene ring substituents is 2. The van der Waals surface area contributed by atoms with Crippen LogP contribution in [-0.2, 0) is 10.0 Å². The summed E-state index contributed by atoms with van der Waals surface area (Å²) in [6.45, 7) is 3.77. The molecule has 3 aromatic carbocycles. The average molecular weight is 496 g/mol. The molecule has 3 aromatic rings. The molecule has 0 N–H and O–H groups in total. The maximum atomic E-state index is 13.6. The Morgan fingerprint density at radius 3 is 2.34 bits per heavy atom. The van der Waals surface area contributed by atoms with Crippen LogP contribution in [0.15, 0.2) is 65.6 Å². The first-order valence-corrected chi connectivity index (χ1v) is 12.1. The van der Waals surface area contributed by atoms with Crippen molar-refractivity contribution >= 4 is 38.7 Å². The summed E-state index contributed by atoms with van der Waals surface area (Å²) in [5.74, 6) is 0.522. The second kappa shape index (κ2) is 9.18. The van der Waals surface area contributed by atoms with Crippen LogP contribution in [0.2, 0.25) is 0 Å². The first-order chi connectivity index (χ1) is 16.6. The lowest BCUT2D eigenvalue weighted by atomic mass is 10.0. The number of para-hydroxylation sites is 1. The molecule has 0 radical (unpaired) electrons. The predicted molar refractivity (Wildman–Crippen MR) is 131 cm³/mol. The molecular weight excluding hydrogens is 474 g/mol. The van der Waals surface area contributed by atoms with Gasteiger partial charge in [-0.3, -0.25) is 24.5 Å². The number of rotatable bonds is 7. The minimum Gasteiger partial charge on any atom is -0.493 e. The minimum atomic E-state index is -4.18. The van der Waals surface area contributed by atoms with Crippen molar-refractivity contribution < 1.29 is 23.0 Å². The second-order valence-corrected chi connectivity index (χ2v) is 9.70. The van der Waals surface area contributed by atoms with E-state index < -0.39 is 31.2 Å². The van der Waals surface area contributed by atoms with Gasteiger partial charge in [-0.15, -0.1) is 0 Å². The van der Waals surface area contributed by atoms with Crippen LogP contribution in [0.5, 0.6) is 5.75 Å². The molecule has 0 unspecified atom stereocenters. The largest absolute Gasteiger partial charge is 0.493 e. The Morgan fingerprint density at radius 2 is 1.71 bits per heavy atom. The Hall–Kier alpha value is -4.25. The zero-order valence-electron chi connectivity index (χ0n) is 18.9. The molecule has 0 bridgehead atoms. The van der Waals surface area contributed by atoms with Crippen molar-refractivity contribution in [3.63, 3.8) is 0 Å². The molecule has 0 saturated heterocycles. The summed E-state index contributed by atoms with van der Waals surface area (Å²) < 4.78 is 33.8. The van der Waals surface area contributed by atoms with Gasteiger partial charge in [0, 0.05) is 11.6 Å². The van der Waals surface area contributed by atoms with Crippen LogP contribution in [0.25, 0.3) is 11.6 Å². The van der Waals surface area contributed by atoms with Gasteiger partial charge in [-0.25, -0.2) is 8.42 Å². The van der Waals surface area contributed by atoms with Crippen molar-refractivity contribution in [2.45, 2.75) is 18.7 Å². The van der Waals surface area contributed by atoms with Crippen molar-refractivity contribution in [2.75, 3.05) is 17.5 Å². The molecule has 1 heterocycles. The SMILES string of the molecule is CCOc1ccccc1C=C1CN(S(=O)(=O)c2ccc(C)cc2)c2cc([N+](=O)[O-])cc([N+](=O)[O-])c21. The third-order valence-corrected chi connectivity index (χ3v) is 7.32. The van der Waals surface area contributed by atoms with Gasteiger partial charge in [0.05, 0.1) is 45.2 Å². The van der Waals surface area contributed by atoms with Crippen molar-refractivity contribution in [3.05, 3.63) is 97.6 Å². The number of benzene rings is 3. The molecular formula is C24H21N3O7S. The monoisotopic (exact) mass is 495 g/mol. The zero-order valence-corrected chi connectivity index (χ0v) is 19.7. The molecule has 0 aromatic heterocycles. The first kappa shape index (κ1) is 23.9. The van der Waals surface area contributed by atoms with Crippen molar-refractivity contribution in [1.82, 2.24) is 0 Å². The fraction of sp³-hybridized carbons (Fsp3) is 0.167. The van der Waals surface area contributed by atoms with Crippen molar-refractivity contribution in [1.29, 1.82) is 0 Å². The van der Waals surface area contributed by atoms with Crippen LogP contribution in [-0.4, -0.2) is 31.4 Å². The van der Waals surface area contributed by atoms with Crippen LogP contribution in [0.4, 0.5) is 17.1 Å². The number of ether oxygens (including phenoxy) is 1. The van der Waals surface area contributed by atoms with E-state index in [0.717, 1.165) is 22.0 Å². The zero-order chi connectivity index (χ0) is 25.3. The van der Waals surface area contributed by atoms with Gasteiger partial charge in [0.1, 0.15) is 5.75 Å². The van der Waals surface area contributed by atoms with Crippen LogP contribution in [0.3, 0.4) is 0 Å². The number of hydrogen-bond acceptors (Lipinski definition) is 7. The lowest BCUT2D eigenvalue weighted by Crippen LogP contribution is -2.29. The molecule has 11 heteroatoms. The Kier molecular flexibility index (Phi) is 6.27. The van der Waals surface area contributed by atoms with E-state index >= 15 is 0 Å². The highest BCUT2D eigenvalue weighted by atomic mass is 32.2. The minimum absolute atomic E-state index is 0.0163. The summed E-state index contributed by atoms with van der Waals surface area (Å²) in [6, 6.07) is 15.1. The van der Waals surface area contributed by atoms with Crippen LogP contribution >= 0.6 is 0 Å². The van der Waals surface area contributed by atoms with E-state index in [1.807, 2.05) is 13.8 Å². The quantitative estimate of drug-likeness (QED) is 0.334. The molecule has 1 aliphatic rings. The van der Waals surface area contributed by atoms with E-state index in [2.05, 4.69) is 0 Å². The topological polar surface area (TPSA) is 133 Å². The summed E-state index contributed by atoms with van der Waals surface area (Å²) >= 11 is 0. The number of sulfonamides is 1. The average Bonchev–Trinajstić information content (AvgIpc) is 3.19. The fourth-order valence-electron chi connectivity index (χ4n) is 3.94. The normalized spacial score (nSPS) is 14.1. The van der Waals surface area contributed by atoms with E-state index in [9.17, 15) is 28.6 Å².